The summed E-state index contributed by atoms with van der Waals surface area (Å²) < 4.78 is 5.80. The minimum Gasteiger partial charge on any atom is -0.490 e. The molecule has 5 nitrogen and oxygen atoms in total. The third-order valence-electron chi connectivity index (χ3n) is 4.95. The number of rotatable bonds is 3. The molecule has 1 aliphatic heterocycles. The fraction of sp³-hybridized carbons (Fsp3) is 0.217. The van der Waals surface area contributed by atoms with Crippen molar-refractivity contribution < 1.29 is 14.3 Å². The number of nitrogens with one attached hydrogen (secondary N) is 2. The molecule has 0 aliphatic carbocycles. The summed E-state index contributed by atoms with van der Waals surface area (Å²) in [5.74, 6) is 0.371. The lowest BCUT2D eigenvalue weighted by Crippen LogP contribution is -2.33. The lowest BCUT2D eigenvalue weighted by atomic mass is 9.94. The summed E-state index contributed by atoms with van der Waals surface area (Å²) >= 11 is 0. The molecule has 0 aromatic heterocycles. The fourth-order valence-electron chi connectivity index (χ4n) is 3.26. The molecule has 142 valence electrons. The van der Waals surface area contributed by atoms with E-state index in [0.717, 1.165) is 16.3 Å². The maximum Gasteiger partial charge on any atom is 0.233 e. The molecule has 4 rings (SSSR count). The lowest BCUT2D eigenvalue weighted by molar-refractivity contribution is -0.125. The summed E-state index contributed by atoms with van der Waals surface area (Å²) in [6.45, 7) is 3.95. The van der Waals surface area contributed by atoms with Crippen LogP contribution in [-0.2, 0) is 16.0 Å². The molecule has 2 N–H and O–H groups in total. The molecule has 0 unspecified atom stereocenters. The highest BCUT2D eigenvalue weighted by Gasteiger charge is 2.32. The number of fused-ring (bicyclic) bond motifs is 2. The topological polar surface area (TPSA) is 67.4 Å². The predicted octanol–water partition coefficient (Wildman–Crippen LogP) is 4.38. The van der Waals surface area contributed by atoms with Gasteiger partial charge in [-0.2, -0.15) is 0 Å². The zero-order valence-corrected chi connectivity index (χ0v) is 15.9. The van der Waals surface area contributed by atoms with Crippen LogP contribution in [-0.4, -0.2) is 18.4 Å². The van der Waals surface area contributed by atoms with E-state index >= 15 is 0 Å². The van der Waals surface area contributed by atoms with Gasteiger partial charge in [0.1, 0.15) is 12.4 Å². The van der Waals surface area contributed by atoms with Crippen LogP contribution in [0.4, 0.5) is 11.4 Å². The van der Waals surface area contributed by atoms with Crippen molar-refractivity contribution in [2.45, 2.75) is 20.3 Å². The summed E-state index contributed by atoms with van der Waals surface area (Å²) in [5, 5.41) is 8.00. The molecule has 28 heavy (non-hydrogen) atoms. The van der Waals surface area contributed by atoms with E-state index in [1.165, 1.54) is 0 Å². The van der Waals surface area contributed by atoms with Crippen LogP contribution in [0.2, 0.25) is 0 Å². The molecule has 5 heteroatoms. The highest BCUT2D eigenvalue weighted by atomic mass is 16.5. The van der Waals surface area contributed by atoms with Crippen molar-refractivity contribution in [1.82, 2.24) is 0 Å². The Morgan fingerprint density at radius 3 is 2.75 bits per heavy atom. The summed E-state index contributed by atoms with van der Waals surface area (Å²) in [7, 11) is 0. The Morgan fingerprint density at radius 2 is 1.89 bits per heavy atom. The van der Waals surface area contributed by atoms with E-state index in [0.29, 0.717) is 17.1 Å². The summed E-state index contributed by atoms with van der Waals surface area (Å²) in [6, 6.07) is 19.3. The first-order valence-corrected chi connectivity index (χ1v) is 9.27. The zero-order valence-electron chi connectivity index (χ0n) is 15.9. The van der Waals surface area contributed by atoms with E-state index < -0.39 is 5.41 Å². The Morgan fingerprint density at radius 1 is 1.11 bits per heavy atom. The number of hydrogen-bond acceptors (Lipinski definition) is 3. The first-order valence-electron chi connectivity index (χ1n) is 9.27. The summed E-state index contributed by atoms with van der Waals surface area (Å²) in [5.41, 5.74) is 1.62. The van der Waals surface area contributed by atoms with E-state index in [-0.39, 0.29) is 24.8 Å². The summed E-state index contributed by atoms with van der Waals surface area (Å²) in [4.78, 5) is 24.8. The smallest absolute Gasteiger partial charge is 0.233 e. The van der Waals surface area contributed by atoms with Crippen LogP contribution in [0.25, 0.3) is 10.8 Å². The van der Waals surface area contributed by atoms with Crippen molar-refractivity contribution in [2.24, 2.45) is 5.41 Å². The maximum absolute atomic E-state index is 12.6. The molecule has 0 radical (unpaired) electrons. The molecular formula is C23H22N2O3. The third kappa shape index (κ3) is 3.56. The Kier molecular flexibility index (Phi) is 4.51. The molecule has 1 aliphatic rings. The SMILES string of the molecule is CC1(C)COc2cc(NC(=O)Cc3cccc4ccccc34)ccc2NC1=O. The van der Waals surface area contributed by atoms with Gasteiger partial charge in [-0.1, -0.05) is 42.5 Å². The highest BCUT2D eigenvalue weighted by molar-refractivity contribution is 5.99. The fourth-order valence-corrected chi connectivity index (χ4v) is 3.26. The Bertz CT molecular complexity index is 1070. The van der Waals surface area contributed by atoms with Gasteiger partial charge in [-0.25, -0.2) is 0 Å². The standard InChI is InChI=1S/C23H22N2O3/c1-23(2)14-28-20-13-17(10-11-19(20)25-22(23)27)24-21(26)12-16-8-5-7-15-6-3-4-9-18(15)16/h3-11,13H,12,14H2,1-2H3,(H,24,26)(H,25,27). The average molecular weight is 374 g/mol. The van der Waals surface area contributed by atoms with Crippen molar-refractivity contribution in [3.8, 4) is 5.75 Å². The highest BCUT2D eigenvalue weighted by Crippen LogP contribution is 2.34. The predicted molar refractivity (Wildman–Crippen MR) is 111 cm³/mol. The van der Waals surface area contributed by atoms with Gasteiger partial charge >= 0.3 is 0 Å². The number of anilines is 2. The molecular weight excluding hydrogens is 352 g/mol. The van der Waals surface area contributed by atoms with E-state index in [1.807, 2.05) is 56.3 Å². The second kappa shape index (κ2) is 7.00. The Hall–Kier alpha value is -3.34. The molecule has 1 heterocycles. The largest absolute Gasteiger partial charge is 0.490 e. The van der Waals surface area contributed by atoms with Gasteiger partial charge in [-0.05, 0) is 42.3 Å². The number of ether oxygens (including phenoxy) is 1. The minimum atomic E-state index is -0.614. The molecule has 0 spiro atoms. The number of hydrogen-bond donors (Lipinski definition) is 2. The van der Waals surface area contributed by atoms with Crippen molar-refractivity contribution in [2.75, 3.05) is 17.2 Å². The minimum absolute atomic E-state index is 0.0843. The van der Waals surface area contributed by atoms with Gasteiger partial charge in [0.2, 0.25) is 11.8 Å². The van der Waals surface area contributed by atoms with E-state index in [4.69, 9.17) is 4.74 Å². The van der Waals surface area contributed by atoms with Crippen molar-refractivity contribution in [3.63, 3.8) is 0 Å². The molecule has 0 bridgehead atoms. The van der Waals surface area contributed by atoms with Crippen molar-refractivity contribution in [3.05, 3.63) is 66.2 Å². The molecule has 3 aromatic rings. The first-order chi connectivity index (χ1) is 13.4. The molecule has 3 aromatic carbocycles. The number of carbonyl (C=O) groups excluding carboxylic acids is 2. The number of carbonyl (C=O) groups is 2. The Balaban J connectivity index is 1.51. The average Bonchev–Trinajstić information content (AvgIpc) is 2.78. The Labute approximate surface area is 163 Å². The van der Waals surface area contributed by atoms with Gasteiger partial charge < -0.3 is 15.4 Å². The second-order valence-electron chi connectivity index (χ2n) is 7.70. The number of amides is 2. The van der Waals surface area contributed by atoms with Gasteiger partial charge in [0, 0.05) is 11.8 Å². The molecule has 2 amide bonds. The van der Waals surface area contributed by atoms with Gasteiger partial charge in [0.05, 0.1) is 17.5 Å². The van der Waals surface area contributed by atoms with Gasteiger partial charge in [0.25, 0.3) is 0 Å². The first kappa shape index (κ1) is 18.0. The van der Waals surface area contributed by atoms with E-state index in [1.54, 1.807) is 18.2 Å². The summed E-state index contributed by atoms with van der Waals surface area (Å²) in [6.07, 6.45) is 0.281. The van der Waals surface area contributed by atoms with Crippen LogP contribution in [0.15, 0.2) is 60.7 Å². The molecule has 0 saturated heterocycles. The van der Waals surface area contributed by atoms with Gasteiger partial charge in [-0.3, -0.25) is 9.59 Å². The van der Waals surface area contributed by atoms with Crippen molar-refractivity contribution in [1.29, 1.82) is 0 Å². The molecule has 0 saturated carbocycles. The molecule has 0 fully saturated rings. The van der Waals surface area contributed by atoms with Crippen LogP contribution in [0.3, 0.4) is 0 Å². The van der Waals surface area contributed by atoms with Crippen LogP contribution in [0, 0.1) is 5.41 Å². The van der Waals surface area contributed by atoms with E-state index in [2.05, 4.69) is 10.6 Å². The van der Waals surface area contributed by atoms with Crippen LogP contribution in [0.1, 0.15) is 19.4 Å². The van der Waals surface area contributed by atoms with Crippen molar-refractivity contribution >= 4 is 34.0 Å². The quantitative estimate of drug-likeness (QED) is 0.715. The molecule has 0 atom stereocenters. The van der Waals surface area contributed by atoms with Crippen LogP contribution in [0.5, 0.6) is 5.75 Å². The van der Waals surface area contributed by atoms with Gasteiger partial charge in [-0.15, -0.1) is 0 Å². The maximum atomic E-state index is 12.6. The number of benzene rings is 3. The van der Waals surface area contributed by atoms with Gasteiger partial charge in [0.15, 0.2) is 0 Å². The third-order valence-corrected chi connectivity index (χ3v) is 4.95. The van der Waals surface area contributed by atoms with E-state index in [9.17, 15) is 9.59 Å². The lowest BCUT2D eigenvalue weighted by Gasteiger charge is -2.18. The normalized spacial score (nSPS) is 15.1. The second-order valence-corrected chi connectivity index (χ2v) is 7.70. The zero-order chi connectivity index (χ0) is 19.7. The van der Waals surface area contributed by atoms with Crippen LogP contribution < -0.4 is 15.4 Å². The van der Waals surface area contributed by atoms with Crippen LogP contribution >= 0.6 is 0 Å². The monoisotopic (exact) mass is 374 g/mol.